The van der Waals surface area contributed by atoms with Crippen LogP contribution in [0.1, 0.15) is 0 Å². The number of rotatable bonds is 0. The zero-order chi connectivity index (χ0) is 0. The van der Waals surface area contributed by atoms with Gasteiger partial charge >= 0.3 is 29.5 Å². The van der Waals surface area contributed by atoms with Crippen LogP contribution in [0.15, 0.2) is 0 Å². The molecule has 0 atom stereocenters. The third kappa shape index (κ3) is 15.3. The summed E-state index contributed by atoms with van der Waals surface area (Å²) >= 11 is 0. The molecule has 0 N–H and O–H groups in total. The van der Waals surface area contributed by atoms with Crippen molar-refractivity contribution in [2.75, 3.05) is 0 Å². The zero-order valence-corrected chi connectivity index (χ0v) is 3.41. The van der Waals surface area contributed by atoms with Crippen LogP contribution in [0.2, 0.25) is 0 Å². The van der Waals surface area contributed by atoms with Crippen molar-refractivity contribution >= 4 is 0 Å². The summed E-state index contributed by atoms with van der Waals surface area (Å²) in [6.45, 7) is 0. The molecule has 2 nitrogen and oxygen atoms in total. The van der Waals surface area contributed by atoms with E-state index in [1.54, 1.807) is 0 Å². The Labute approximate surface area is 41.1 Å². The van der Waals surface area contributed by atoms with E-state index >= 15 is 0 Å². The summed E-state index contributed by atoms with van der Waals surface area (Å²) in [4.78, 5) is 0. The van der Waals surface area contributed by atoms with Gasteiger partial charge < -0.3 is 11.0 Å². The second-order valence-electron chi connectivity index (χ2n) is 0. The molecule has 0 aliphatic rings. The topological polar surface area (TPSA) is 57.0 Å². The van der Waals surface area contributed by atoms with Crippen LogP contribution in [0, 0.1) is 12.4 Å². The molecule has 0 aromatic heterocycles. The first-order valence-corrected chi connectivity index (χ1v) is 0. The Morgan fingerprint density at radius 2 is 0.750 bits per heavy atom. The van der Waals surface area contributed by atoms with Crippen LogP contribution in [-0.4, -0.2) is 0 Å². The molecule has 0 bridgehead atoms. The van der Waals surface area contributed by atoms with Crippen LogP contribution in [-0.2, 0) is 28.0 Å². The van der Waals surface area contributed by atoms with Gasteiger partial charge in [0.25, 0.3) is 0 Å². The van der Waals surface area contributed by atoms with E-state index in [-0.39, 0.29) is 40.4 Å². The molecule has 0 unspecified atom stereocenters. The van der Waals surface area contributed by atoms with E-state index in [9.17, 15) is 0 Å². The van der Waals surface area contributed by atoms with E-state index in [1.807, 2.05) is 0 Å². The standard InChI is InChI=1S/Cl.Fe.2O/q+1;+3;2*-2. The SMILES string of the molecule is [Cl+].[Fe+3].[O-2].[O-2]. The van der Waals surface area contributed by atoms with Crippen LogP contribution in [0.5, 0.6) is 0 Å². The minimum absolute atomic E-state index is 0. The summed E-state index contributed by atoms with van der Waals surface area (Å²) in [5, 5.41) is 0. The predicted molar refractivity (Wildman–Crippen MR) is 1.37 cm³/mol. The summed E-state index contributed by atoms with van der Waals surface area (Å²) in [7, 11) is 0. The molecule has 0 heterocycles. The molecule has 27 valence electrons. The monoisotopic (exact) mass is 123 g/mol. The average molecular weight is 123 g/mol. The maximum atomic E-state index is 0. The van der Waals surface area contributed by atoms with Gasteiger partial charge in [0, 0.05) is 0 Å². The second kappa shape index (κ2) is 52.2. The molecule has 4 heavy (non-hydrogen) atoms. The molecular weight excluding hydrogens is 123 g/mol. The Morgan fingerprint density at radius 1 is 0.750 bits per heavy atom. The maximum absolute atomic E-state index is 0. The van der Waals surface area contributed by atoms with Crippen molar-refractivity contribution in [1.29, 1.82) is 0 Å². The van der Waals surface area contributed by atoms with Crippen LogP contribution in [0.25, 0.3) is 0 Å². The minimum atomic E-state index is 0. The van der Waals surface area contributed by atoms with Crippen molar-refractivity contribution in [2.24, 2.45) is 0 Å². The van der Waals surface area contributed by atoms with Gasteiger partial charge in [-0.2, -0.15) is 0 Å². The van der Waals surface area contributed by atoms with Crippen LogP contribution < -0.4 is 0 Å². The number of halogens is 1. The van der Waals surface area contributed by atoms with Crippen molar-refractivity contribution in [3.05, 3.63) is 0 Å². The molecule has 3 radical (unpaired) electrons. The molecular formula is ClFeO2. The summed E-state index contributed by atoms with van der Waals surface area (Å²) in [6, 6.07) is 0. The second-order valence-corrected chi connectivity index (χ2v) is 0. The van der Waals surface area contributed by atoms with Gasteiger partial charge in [-0.25, -0.2) is 0 Å². The third-order valence-electron chi connectivity index (χ3n) is 0. The molecule has 0 spiro atoms. The quantitative estimate of drug-likeness (QED) is 0.399. The van der Waals surface area contributed by atoms with Crippen molar-refractivity contribution in [3.63, 3.8) is 0 Å². The van der Waals surface area contributed by atoms with Gasteiger partial charge in [-0.3, -0.25) is 0 Å². The van der Waals surface area contributed by atoms with Crippen molar-refractivity contribution in [1.82, 2.24) is 0 Å². The summed E-state index contributed by atoms with van der Waals surface area (Å²) in [5.74, 6) is 0. The van der Waals surface area contributed by atoms with Crippen LogP contribution >= 0.6 is 0 Å². The maximum Gasteiger partial charge on any atom is 3.00 e. The number of hydrogen-bond donors (Lipinski definition) is 0. The van der Waals surface area contributed by atoms with Crippen molar-refractivity contribution in [2.45, 2.75) is 0 Å². The molecule has 0 aliphatic heterocycles. The molecule has 0 saturated carbocycles. The number of hydrogen-bond acceptors (Lipinski definition) is 0. The Balaban J connectivity index is 0. The van der Waals surface area contributed by atoms with E-state index in [4.69, 9.17) is 0 Å². The Morgan fingerprint density at radius 3 is 0.750 bits per heavy atom. The van der Waals surface area contributed by atoms with Crippen LogP contribution in [0.3, 0.4) is 0 Å². The zero-order valence-electron chi connectivity index (χ0n) is 1.55. The van der Waals surface area contributed by atoms with Crippen molar-refractivity contribution in [3.8, 4) is 0 Å². The Bertz CT molecular complexity index is 6.00. The first-order chi connectivity index (χ1) is 0. The first-order valence-electron chi connectivity index (χ1n) is 0. The Hall–Kier alpha value is 0.729. The molecule has 0 aromatic rings. The van der Waals surface area contributed by atoms with E-state index in [0.29, 0.717) is 0 Å². The van der Waals surface area contributed by atoms with Gasteiger partial charge in [0.2, 0.25) is 0 Å². The van der Waals surface area contributed by atoms with E-state index in [1.165, 1.54) is 0 Å². The fourth-order valence-electron chi connectivity index (χ4n) is 0. The van der Waals surface area contributed by atoms with E-state index in [2.05, 4.69) is 0 Å². The normalized spacial score (nSPS) is 0. The fourth-order valence-corrected chi connectivity index (χ4v) is 0. The molecule has 0 fully saturated rings. The van der Waals surface area contributed by atoms with E-state index < -0.39 is 0 Å². The molecule has 0 aromatic carbocycles. The first kappa shape index (κ1) is 124. The summed E-state index contributed by atoms with van der Waals surface area (Å²) in [6.07, 6.45) is 0. The van der Waals surface area contributed by atoms with Crippen LogP contribution in [0.4, 0.5) is 0 Å². The molecule has 4 heteroatoms. The molecule has 0 amide bonds. The summed E-state index contributed by atoms with van der Waals surface area (Å²) in [5.41, 5.74) is 0. The average Bonchev–Trinajstić information content (AvgIpc) is 0. The fraction of sp³-hybridized carbons (Fsp3) is 0. The molecule has 0 aliphatic carbocycles. The Kier molecular flexibility index (Phi) is 1610. The molecule has 0 saturated heterocycles. The van der Waals surface area contributed by atoms with Gasteiger partial charge in [0.05, 0.1) is 0 Å². The van der Waals surface area contributed by atoms with E-state index in [0.717, 1.165) is 0 Å². The largest absolute Gasteiger partial charge is 3.00 e. The third-order valence-corrected chi connectivity index (χ3v) is 0. The van der Waals surface area contributed by atoms with Gasteiger partial charge in [-0.05, 0) is 0 Å². The smallest absolute Gasteiger partial charge is 2.00 e. The summed E-state index contributed by atoms with van der Waals surface area (Å²) < 4.78 is 0. The minimum Gasteiger partial charge on any atom is -2.00 e. The van der Waals surface area contributed by atoms with Gasteiger partial charge in [0.15, 0.2) is 0 Å². The van der Waals surface area contributed by atoms with Gasteiger partial charge in [-0.1, -0.05) is 0 Å². The van der Waals surface area contributed by atoms with Gasteiger partial charge in [0.1, 0.15) is 0 Å². The molecule has 0 rings (SSSR count). The predicted octanol–water partition coefficient (Wildman–Crippen LogP) is -0.240. The van der Waals surface area contributed by atoms with Gasteiger partial charge in [-0.15, -0.1) is 0 Å². The van der Waals surface area contributed by atoms with Crippen molar-refractivity contribution < 1.29 is 40.4 Å².